The summed E-state index contributed by atoms with van der Waals surface area (Å²) in [6, 6.07) is 1.31. The van der Waals surface area contributed by atoms with Crippen LogP contribution in [0, 0.1) is 11.8 Å². The highest BCUT2D eigenvalue weighted by molar-refractivity contribution is 4.83. The zero-order chi connectivity index (χ0) is 13.0. The van der Waals surface area contributed by atoms with Crippen LogP contribution in [0.15, 0.2) is 0 Å². The number of ether oxygens (including phenoxy) is 1. The Kier molecular flexibility index (Phi) is 5.46. The standard InChI is InChI=1S/C15H30N2O/c1-12(14-4-8-17(3)9-5-14)16-13(2)15-6-10-18-11-7-15/h12-16H,4-11H2,1-3H3. The van der Waals surface area contributed by atoms with E-state index in [0.717, 1.165) is 25.0 Å². The molecule has 0 aromatic heterocycles. The number of nitrogens with zero attached hydrogens (tertiary/aromatic N) is 1. The zero-order valence-electron chi connectivity index (χ0n) is 12.3. The summed E-state index contributed by atoms with van der Waals surface area (Å²) in [7, 11) is 2.24. The van der Waals surface area contributed by atoms with Gasteiger partial charge in [0.25, 0.3) is 0 Å². The fourth-order valence-electron chi connectivity index (χ4n) is 3.43. The zero-order valence-corrected chi connectivity index (χ0v) is 12.3. The Morgan fingerprint density at radius 2 is 1.44 bits per heavy atom. The smallest absolute Gasteiger partial charge is 0.0469 e. The fourth-order valence-corrected chi connectivity index (χ4v) is 3.43. The Hall–Kier alpha value is -0.120. The SMILES string of the molecule is CC(NC(C)C1CCN(C)CC1)C1CCOCC1. The van der Waals surface area contributed by atoms with Gasteiger partial charge in [0.05, 0.1) is 0 Å². The van der Waals surface area contributed by atoms with E-state index in [9.17, 15) is 0 Å². The first-order valence-electron chi connectivity index (χ1n) is 7.69. The average molecular weight is 254 g/mol. The third-order valence-corrected chi connectivity index (χ3v) is 4.97. The molecule has 0 amide bonds. The van der Waals surface area contributed by atoms with Gasteiger partial charge >= 0.3 is 0 Å². The molecule has 2 heterocycles. The number of nitrogens with one attached hydrogen (secondary N) is 1. The first-order valence-corrected chi connectivity index (χ1v) is 7.69. The molecule has 0 aromatic rings. The molecule has 1 N–H and O–H groups in total. The van der Waals surface area contributed by atoms with Crippen LogP contribution in [0.3, 0.4) is 0 Å². The minimum atomic E-state index is 0.642. The molecule has 2 fully saturated rings. The van der Waals surface area contributed by atoms with Crippen molar-refractivity contribution in [3.63, 3.8) is 0 Å². The lowest BCUT2D eigenvalue weighted by Gasteiger charge is -2.37. The molecule has 2 aliphatic rings. The van der Waals surface area contributed by atoms with E-state index in [1.165, 1.54) is 38.8 Å². The summed E-state index contributed by atoms with van der Waals surface area (Å²) in [5, 5.41) is 3.86. The normalized spacial score (nSPS) is 28.2. The van der Waals surface area contributed by atoms with Crippen molar-refractivity contribution in [2.45, 2.75) is 51.6 Å². The lowest BCUT2D eigenvalue weighted by atomic mass is 9.87. The van der Waals surface area contributed by atoms with Crippen molar-refractivity contribution in [3.8, 4) is 0 Å². The van der Waals surface area contributed by atoms with Gasteiger partial charge < -0.3 is 15.0 Å². The van der Waals surface area contributed by atoms with Gasteiger partial charge in [0.2, 0.25) is 0 Å². The summed E-state index contributed by atoms with van der Waals surface area (Å²) in [6.07, 6.45) is 5.17. The molecule has 3 heteroatoms. The third-order valence-electron chi connectivity index (χ3n) is 4.97. The van der Waals surface area contributed by atoms with E-state index < -0.39 is 0 Å². The van der Waals surface area contributed by atoms with E-state index in [4.69, 9.17) is 4.74 Å². The first-order chi connectivity index (χ1) is 8.66. The molecule has 0 spiro atoms. The summed E-state index contributed by atoms with van der Waals surface area (Å²) in [5.41, 5.74) is 0. The molecule has 106 valence electrons. The van der Waals surface area contributed by atoms with Crippen molar-refractivity contribution in [1.29, 1.82) is 0 Å². The number of rotatable bonds is 4. The van der Waals surface area contributed by atoms with E-state index in [1.807, 2.05) is 0 Å². The Bertz CT molecular complexity index is 233. The number of piperidine rings is 1. The maximum Gasteiger partial charge on any atom is 0.0469 e. The minimum absolute atomic E-state index is 0.642. The van der Waals surface area contributed by atoms with Crippen LogP contribution < -0.4 is 5.32 Å². The van der Waals surface area contributed by atoms with Gasteiger partial charge in [-0.25, -0.2) is 0 Å². The highest BCUT2D eigenvalue weighted by Gasteiger charge is 2.26. The second kappa shape index (κ2) is 6.88. The van der Waals surface area contributed by atoms with E-state index in [2.05, 4.69) is 31.1 Å². The van der Waals surface area contributed by atoms with Gasteiger partial charge in [-0.3, -0.25) is 0 Å². The summed E-state index contributed by atoms with van der Waals surface area (Å²) < 4.78 is 5.45. The Labute approximate surface area is 112 Å². The van der Waals surface area contributed by atoms with Gasteiger partial charge in [0, 0.05) is 25.3 Å². The molecule has 2 unspecified atom stereocenters. The maximum atomic E-state index is 5.45. The fraction of sp³-hybridized carbons (Fsp3) is 1.00. The van der Waals surface area contributed by atoms with Crippen LogP contribution in [0.25, 0.3) is 0 Å². The second-order valence-electron chi connectivity index (χ2n) is 6.33. The van der Waals surface area contributed by atoms with Gasteiger partial charge in [-0.05, 0) is 71.5 Å². The van der Waals surface area contributed by atoms with Gasteiger partial charge in [0.15, 0.2) is 0 Å². The van der Waals surface area contributed by atoms with Crippen molar-refractivity contribution in [1.82, 2.24) is 10.2 Å². The molecule has 0 aliphatic carbocycles. The monoisotopic (exact) mass is 254 g/mol. The Morgan fingerprint density at radius 3 is 2.00 bits per heavy atom. The third kappa shape index (κ3) is 3.94. The average Bonchev–Trinajstić information content (AvgIpc) is 2.40. The van der Waals surface area contributed by atoms with Crippen LogP contribution in [0.1, 0.15) is 39.5 Å². The highest BCUT2D eigenvalue weighted by atomic mass is 16.5. The molecule has 18 heavy (non-hydrogen) atoms. The molecule has 0 saturated carbocycles. The summed E-state index contributed by atoms with van der Waals surface area (Å²) >= 11 is 0. The van der Waals surface area contributed by atoms with Crippen molar-refractivity contribution >= 4 is 0 Å². The molecule has 2 saturated heterocycles. The molecular weight excluding hydrogens is 224 g/mol. The molecule has 2 rings (SSSR count). The van der Waals surface area contributed by atoms with E-state index in [-0.39, 0.29) is 0 Å². The highest BCUT2D eigenvalue weighted by Crippen LogP contribution is 2.23. The van der Waals surface area contributed by atoms with Gasteiger partial charge in [-0.2, -0.15) is 0 Å². The van der Waals surface area contributed by atoms with Crippen molar-refractivity contribution in [3.05, 3.63) is 0 Å². The van der Waals surface area contributed by atoms with Gasteiger partial charge in [-0.15, -0.1) is 0 Å². The van der Waals surface area contributed by atoms with Crippen LogP contribution >= 0.6 is 0 Å². The molecule has 2 aliphatic heterocycles. The van der Waals surface area contributed by atoms with E-state index in [1.54, 1.807) is 0 Å². The molecule has 0 bridgehead atoms. The summed E-state index contributed by atoms with van der Waals surface area (Å²) in [6.45, 7) is 9.19. The van der Waals surface area contributed by atoms with E-state index in [0.29, 0.717) is 12.1 Å². The predicted octanol–water partition coefficient (Wildman–Crippen LogP) is 2.12. The lowest BCUT2D eigenvalue weighted by molar-refractivity contribution is 0.0524. The van der Waals surface area contributed by atoms with Crippen molar-refractivity contribution in [2.24, 2.45) is 11.8 Å². The molecule has 3 nitrogen and oxygen atoms in total. The van der Waals surface area contributed by atoms with Crippen LogP contribution in [0.5, 0.6) is 0 Å². The van der Waals surface area contributed by atoms with Gasteiger partial charge in [-0.1, -0.05) is 0 Å². The number of likely N-dealkylation sites (tertiary alicyclic amines) is 1. The maximum absolute atomic E-state index is 5.45. The molecular formula is C15H30N2O. The Balaban J connectivity index is 1.73. The van der Waals surface area contributed by atoms with Crippen LogP contribution in [0.4, 0.5) is 0 Å². The summed E-state index contributed by atoms with van der Waals surface area (Å²) in [4.78, 5) is 2.45. The first kappa shape index (κ1) is 14.3. The van der Waals surface area contributed by atoms with Crippen molar-refractivity contribution in [2.75, 3.05) is 33.4 Å². The lowest BCUT2D eigenvalue weighted by Crippen LogP contribution is -2.47. The Morgan fingerprint density at radius 1 is 0.944 bits per heavy atom. The van der Waals surface area contributed by atoms with Crippen LogP contribution in [-0.4, -0.2) is 50.3 Å². The minimum Gasteiger partial charge on any atom is -0.381 e. The molecule has 0 radical (unpaired) electrons. The molecule has 0 aromatic carbocycles. The number of hydrogen-bond acceptors (Lipinski definition) is 3. The summed E-state index contributed by atoms with van der Waals surface area (Å²) in [5.74, 6) is 1.68. The van der Waals surface area contributed by atoms with Crippen LogP contribution in [0.2, 0.25) is 0 Å². The van der Waals surface area contributed by atoms with Gasteiger partial charge in [0.1, 0.15) is 0 Å². The largest absolute Gasteiger partial charge is 0.381 e. The van der Waals surface area contributed by atoms with Crippen molar-refractivity contribution < 1.29 is 4.74 Å². The predicted molar refractivity (Wildman–Crippen MR) is 75.8 cm³/mol. The topological polar surface area (TPSA) is 24.5 Å². The quantitative estimate of drug-likeness (QED) is 0.832. The van der Waals surface area contributed by atoms with E-state index >= 15 is 0 Å². The molecule has 2 atom stereocenters. The van der Waals surface area contributed by atoms with Crippen LogP contribution in [-0.2, 0) is 4.74 Å². The second-order valence-corrected chi connectivity index (χ2v) is 6.33. The number of hydrogen-bond donors (Lipinski definition) is 1.